The summed E-state index contributed by atoms with van der Waals surface area (Å²) in [5, 5.41) is 0. The van der Waals surface area contributed by atoms with Gasteiger partial charge in [-0.2, -0.15) is 0 Å². The average Bonchev–Trinajstić information content (AvgIpc) is 2.58. The van der Waals surface area contributed by atoms with E-state index in [1.54, 1.807) is 18.2 Å². The van der Waals surface area contributed by atoms with E-state index >= 15 is 0 Å². The fraction of sp³-hybridized carbons (Fsp3) is 0.588. The highest BCUT2D eigenvalue weighted by atomic mass is 16.7. The number of carbonyl (C=O) groups is 1. The van der Waals surface area contributed by atoms with Crippen molar-refractivity contribution >= 4 is 6.29 Å². The molecule has 2 fully saturated rings. The van der Waals surface area contributed by atoms with Gasteiger partial charge in [-0.25, -0.2) is 0 Å². The van der Waals surface area contributed by atoms with Gasteiger partial charge in [0.2, 0.25) is 0 Å². The molecule has 22 heavy (non-hydrogen) atoms. The second-order valence-electron chi connectivity index (χ2n) is 5.65. The first-order valence-corrected chi connectivity index (χ1v) is 8.01. The molecule has 2 aliphatic heterocycles. The zero-order valence-electron chi connectivity index (χ0n) is 12.7. The van der Waals surface area contributed by atoms with Gasteiger partial charge in [0.25, 0.3) is 0 Å². The first kappa shape index (κ1) is 15.3. The summed E-state index contributed by atoms with van der Waals surface area (Å²) in [4.78, 5) is 11.0. The molecule has 2 heterocycles. The van der Waals surface area contributed by atoms with E-state index in [1.165, 1.54) is 0 Å². The lowest BCUT2D eigenvalue weighted by Gasteiger charge is -2.27. The number of hydrogen-bond acceptors (Lipinski definition) is 5. The molecular weight excluding hydrogens is 284 g/mol. The van der Waals surface area contributed by atoms with Crippen LogP contribution in [0.1, 0.15) is 48.9 Å². The highest BCUT2D eigenvalue weighted by molar-refractivity contribution is 5.76. The topological polar surface area (TPSA) is 54.0 Å². The summed E-state index contributed by atoms with van der Waals surface area (Å²) in [6.45, 7) is 1.43. The molecule has 1 aromatic carbocycles. The van der Waals surface area contributed by atoms with Crippen LogP contribution in [-0.2, 0) is 9.47 Å². The molecule has 0 saturated carbocycles. The van der Waals surface area contributed by atoms with Crippen LogP contribution in [-0.4, -0.2) is 32.1 Å². The van der Waals surface area contributed by atoms with Crippen molar-refractivity contribution in [2.45, 2.75) is 51.1 Å². The highest BCUT2D eigenvalue weighted by Crippen LogP contribution is 2.32. The fourth-order valence-corrected chi connectivity index (χ4v) is 2.68. The molecule has 0 spiro atoms. The number of ether oxygens (including phenoxy) is 4. The third-order valence-corrected chi connectivity index (χ3v) is 3.90. The Morgan fingerprint density at radius 1 is 0.909 bits per heavy atom. The second kappa shape index (κ2) is 7.61. The van der Waals surface area contributed by atoms with Crippen molar-refractivity contribution in [3.63, 3.8) is 0 Å². The Hall–Kier alpha value is -1.59. The molecule has 5 nitrogen and oxygen atoms in total. The molecule has 3 rings (SSSR count). The molecule has 5 heteroatoms. The Bertz CT molecular complexity index is 490. The van der Waals surface area contributed by atoms with Crippen molar-refractivity contribution in [2.24, 2.45) is 0 Å². The van der Waals surface area contributed by atoms with Crippen LogP contribution in [0.15, 0.2) is 18.2 Å². The molecule has 2 atom stereocenters. The van der Waals surface area contributed by atoms with E-state index in [4.69, 9.17) is 18.9 Å². The molecule has 2 aliphatic rings. The standard InChI is InChI=1S/C17H22O5/c18-12-13-7-8-14(21-16-5-1-3-9-19-16)15(11-13)22-17-6-2-4-10-20-17/h7-8,11-12,16-17H,1-6,9-10H2. The molecule has 2 saturated heterocycles. The fourth-order valence-electron chi connectivity index (χ4n) is 2.68. The van der Waals surface area contributed by atoms with Crippen molar-refractivity contribution in [3.05, 3.63) is 23.8 Å². The van der Waals surface area contributed by atoms with Gasteiger partial charge in [0, 0.05) is 18.4 Å². The molecular formula is C17H22O5. The van der Waals surface area contributed by atoms with Crippen LogP contribution in [0.5, 0.6) is 11.5 Å². The zero-order chi connectivity index (χ0) is 15.2. The van der Waals surface area contributed by atoms with Crippen LogP contribution >= 0.6 is 0 Å². The van der Waals surface area contributed by atoms with E-state index in [-0.39, 0.29) is 12.6 Å². The molecule has 1 aromatic rings. The van der Waals surface area contributed by atoms with Gasteiger partial charge in [-0.15, -0.1) is 0 Å². The Kier molecular flexibility index (Phi) is 5.29. The molecule has 0 aliphatic carbocycles. The van der Waals surface area contributed by atoms with E-state index in [2.05, 4.69) is 0 Å². The molecule has 120 valence electrons. The SMILES string of the molecule is O=Cc1ccc(OC2CCCCO2)c(OC2CCCCO2)c1. The molecule has 0 amide bonds. The van der Waals surface area contributed by atoms with E-state index in [1.807, 2.05) is 0 Å². The Balaban J connectivity index is 1.73. The summed E-state index contributed by atoms with van der Waals surface area (Å²) >= 11 is 0. The van der Waals surface area contributed by atoms with Crippen LogP contribution in [0, 0.1) is 0 Å². The smallest absolute Gasteiger partial charge is 0.200 e. The summed E-state index contributed by atoms with van der Waals surface area (Å²) in [6.07, 6.45) is 6.32. The molecule has 2 unspecified atom stereocenters. The third kappa shape index (κ3) is 3.99. The molecule has 0 bridgehead atoms. The first-order valence-electron chi connectivity index (χ1n) is 8.01. The van der Waals surface area contributed by atoms with E-state index < -0.39 is 0 Å². The summed E-state index contributed by atoms with van der Waals surface area (Å²) in [7, 11) is 0. The van der Waals surface area contributed by atoms with E-state index in [0.717, 1.165) is 51.4 Å². The largest absolute Gasteiger partial charge is 0.461 e. The minimum atomic E-state index is -0.273. The maximum atomic E-state index is 11.0. The van der Waals surface area contributed by atoms with Gasteiger partial charge in [0.1, 0.15) is 6.29 Å². The number of rotatable bonds is 5. The van der Waals surface area contributed by atoms with Crippen molar-refractivity contribution in [1.29, 1.82) is 0 Å². The number of carbonyl (C=O) groups excluding carboxylic acids is 1. The highest BCUT2D eigenvalue weighted by Gasteiger charge is 2.21. The van der Waals surface area contributed by atoms with Gasteiger partial charge in [0.15, 0.2) is 24.1 Å². The Morgan fingerprint density at radius 3 is 2.09 bits per heavy atom. The van der Waals surface area contributed by atoms with Gasteiger partial charge in [-0.3, -0.25) is 4.79 Å². The maximum Gasteiger partial charge on any atom is 0.200 e. The second-order valence-corrected chi connectivity index (χ2v) is 5.65. The van der Waals surface area contributed by atoms with Gasteiger partial charge in [-0.1, -0.05) is 0 Å². The van der Waals surface area contributed by atoms with Gasteiger partial charge >= 0.3 is 0 Å². The number of hydrogen-bond donors (Lipinski definition) is 0. The summed E-state index contributed by atoms with van der Waals surface area (Å²) < 4.78 is 23.0. The van der Waals surface area contributed by atoms with Crippen LogP contribution in [0.2, 0.25) is 0 Å². The van der Waals surface area contributed by atoms with Crippen LogP contribution < -0.4 is 9.47 Å². The Morgan fingerprint density at radius 2 is 1.55 bits per heavy atom. The average molecular weight is 306 g/mol. The summed E-state index contributed by atoms with van der Waals surface area (Å²) in [5.41, 5.74) is 0.558. The quantitative estimate of drug-likeness (QED) is 0.781. The number of aldehydes is 1. The van der Waals surface area contributed by atoms with Crippen molar-refractivity contribution in [2.75, 3.05) is 13.2 Å². The minimum absolute atomic E-state index is 0.245. The van der Waals surface area contributed by atoms with Crippen molar-refractivity contribution in [1.82, 2.24) is 0 Å². The summed E-state index contributed by atoms with van der Waals surface area (Å²) in [5.74, 6) is 1.15. The number of benzene rings is 1. The van der Waals surface area contributed by atoms with Crippen molar-refractivity contribution < 1.29 is 23.7 Å². The minimum Gasteiger partial charge on any atom is -0.461 e. The summed E-state index contributed by atoms with van der Waals surface area (Å²) in [6, 6.07) is 5.18. The lowest BCUT2D eigenvalue weighted by atomic mass is 10.2. The first-order chi connectivity index (χ1) is 10.8. The maximum absolute atomic E-state index is 11.0. The monoisotopic (exact) mass is 306 g/mol. The van der Waals surface area contributed by atoms with Crippen molar-refractivity contribution in [3.8, 4) is 11.5 Å². The van der Waals surface area contributed by atoms with Gasteiger partial charge in [-0.05, 0) is 43.9 Å². The molecule has 0 N–H and O–H groups in total. The van der Waals surface area contributed by atoms with E-state index in [0.29, 0.717) is 23.7 Å². The van der Waals surface area contributed by atoms with E-state index in [9.17, 15) is 4.79 Å². The molecule has 0 radical (unpaired) electrons. The van der Waals surface area contributed by atoms with Gasteiger partial charge < -0.3 is 18.9 Å². The normalized spacial score (nSPS) is 25.5. The Labute approximate surface area is 130 Å². The lowest BCUT2D eigenvalue weighted by molar-refractivity contribution is -0.119. The zero-order valence-corrected chi connectivity index (χ0v) is 12.7. The lowest BCUT2D eigenvalue weighted by Crippen LogP contribution is -2.27. The van der Waals surface area contributed by atoms with Crippen LogP contribution in [0.3, 0.4) is 0 Å². The predicted octanol–water partition coefficient (Wildman–Crippen LogP) is 3.31. The molecule has 0 aromatic heterocycles. The third-order valence-electron chi connectivity index (χ3n) is 3.90. The van der Waals surface area contributed by atoms with Gasteiger partial charge in [0.05, 0.1) is 13.2 Å². The van der Waals surface area contributed by atoms with Crippen LogP contribution in [0.4, 0.5) is 0 Å². The predicted molar refractivity (Wildman–Crippen MR) is 80.3 cm³/mol. The van der Waals surface area contributed by atoms with Crippen LogP contribution in [0.25, 0.3) is 0 Å².